The van der Waals surface area contributed by atoms with Crippen LogP contribution in [-0.4, -0.2) is 38.6 Å². The molecule has 0 unspecified atom stereocenters. The van der Waals surface area contributed by atoms with Crippen LogP contribution >= 0.6 is 0 Å². The first-order valence-electron chi connectivity index (χ1n) is 9.21. The van der Waals surface area contributed by atoms with Gasteiger partial charge in [0.1, 0.15) is 12.1 Å². The summed E-state index contributed by atoms with van der Waals surface area (Å²) in [6.07, 6.45) is 7.38. The van der Waals surface area contributed by atoms with Crippen molar-refractivity contribution in [3.8, 4) is 5.82 Å². The van der Waals surface area contributed by atoms with Crippen LogP contribution in [0.25, 0.3) is 5.82 Å². The van der Waals surface area contributed by atoms with Crippen LogP contribution in [0.15, 0.2) is 67.4 Å². The van der Waals surface area contributed by atoms with Crippen LogP contribution < -0.4 is 5.32 Å². The van der Waals surface area contributed by atoms with Gasteiger partial charge in [0, 0.05) is 50.8 Å². The number of likely N-dealkylation sites (tertiary alicyclic amines) is 1. The Morgan fingerprint density at radius 1 is 1.08 bits per heavy atom. The number of nitrogens with one attached hydrogen (secondary N) is 1. The van der Waals surface area contributed by atoms with Crippen LogP contribution in [0.5, 0.6) is 0 Å². The van der Waals surface area contributed by atoms with Gasteiger partial charge in [0.2, 0.25) is 0 Å². The number of nitrogens with zero attached hydrogens (tertiary/aromatic N) is 4. The highest BCUT2D eigenvalue weighted by Crippen LogP contribution is 2.19. The van der Waals surface area contributed by atoms with Crippen LogP contribution in [0, 0.1) is 5.92 Å². The lowest BCUT2D eigenvalue weighted by Crippen LogP contribution is -2.35. The Bertz CT molecular complexity index is 798. The van der Waals surface area contributed by atoms with Crippen molar-refractivity contribution in [1.29, 1.82) is 0 Å². The largest absolute Gasteiger partial charge is 0.308 e. The summed E-state index contributed by atoms with van der Waals surface area (Å²) < 4.78 is 1.91. The van der Waals surface area contributed by atoms with Crippen molar-refractivity contribution >= 4 is 0 Å². The molecule has 1 aliphatic rings. The summed E-state index contributed by atoms with van der Waals surface area (Å²) in [4.78, 5) is 11.1. The number of rotatable bonds is 6. The summed E-state index contributed by atoms with van der Waals surface area (Å²) in [7, 11) is 0. The van der Waals surface area contributed by atoms with Gasteiger partial charge >= 0.3 is 0 Å². The topological polar surface area (TPSA) is 46.0 Å². The standard InChI is InChI=1S/C21H25N5/c1-17-13-25(14-18-5-3-2-4-6-18)15-20(17)23-11-19-7-8-21(24-12-19)26-10-9-22-16-26/h2-10,12,16-17,20,23H,11,13-15H2,1H3/t17-,20-/m0/s1. The second kappa shape index (κ2) is 7.81. The van der Waals surface area contributed by atoms with E-state index in [1.54, 1.807) is 12.5 Å². The predicted octanol–water partition coefficient (Wildman–Crippen LogP) is 2.88. The van der Waals surface area contributed by atoms with Crippen molar-refractivity contribution in [2.45, 2.75) is 26.1 Å². The third-order valence-electron chi connectivity index (χ3n) is 5.08. The summed E-state index contributed by atoms with van der Waals surface area (Å²) in [5.41, 5.74) is 2.60. The number of aromatic nitrogens is 3. The average molecular weight is 347 g/mol. The van der Waals surface area contributed by atoms with Crippen molar-refractivity contribution in [3.05, 3.63) is 78.5 Å². The molecule has 3 aromatic rings. The zero-order chi connectivity index (χ0) is 17.8. The molecule has 5 nitrogen and oxygen atoms in total. The minimum atomic E-state index is 0.520. The van der Waals surface area contributed by atoms with E-state index in [0.717, 1.165) is 32.0 Å². The van der Waals surface area contributed by atoms with Crippen LogP contribution in [0.2, 0.25) is 0 Å². The molecule has 0 radical (unpaired) electrons. The fourth-order valence-corrected chi connectivity index (χ4v) is 3.62. The molecule has 1 N–H and O–H groups in total. The van der Waals surface area contributed by atoms with Crippen molar-refractivity contribution < 1.29 is 0 Å². The van der Waals surface area contributed by atoms with Gasteiger partial charge in [-0.1, -0.05) is 43.3 Å². The number of hydrogen-bond acceptors (Lipinski definition) is 4. The molecule has 5 heteroatoms. The Balaban J connectivity index is 1.30. The van der Waals surface area contributed by atoms with E-state index < -0.39 is 0 Å². The van der Waals surface area contributed by atoms with E-state index in [-0.39, 0.29) is 0 Å². The van der Waals surface area contributed by atoms with Crippen molar-refractivity contribution in [1.82, 2.24) is 24.8 Å². The Hall–Kier alpha value is -2.50. The maximum absolute atomic E-state index is 4.53. The maximum Gasteiger partial charge on any atom is 0.137 e. The molecule has 4 rings (SSSR count). The van der Waals surface area contributed by atoms with Crippen LogP contribution in [0.3, 0.4) is 0 Å². The molecule has 3 heterocycles. The molecule has 1 fully saturated rings. The highest BCUT2D eigenvalue weighted by atomic mass is 15.2. The molecule has 0 saturated carbocycles. The Morgan fingerprint density at radius 2 is 1.96 bits per heavy atom. The van der Waals surface area contributed by atoms with Crippen molar-refractivity contribution in [2.75, 3.05) is 13.1 Å². The van der Waals surface area contributed by atoms with E-state index in [0.29, 0.717) is 12.0 Å². The summed E-state index contributed by atoms with van der Waals surface area (Å²) in [5, 5.41) is 3.72. The minimum absolute atomic E-state index is 0.520. The first kappa shape index (κ1) is 16.9. The summed E-state index contributed by atoms with van der Waals surface area (Å²) >= 11 is 0. The molecule has 2 atom stereocenters. The highest BCUT2D eigenvalue weighted by Gasteiger charge is 2.28. The van der Waals surface area contributed by atoms with Crippen LogP contribution in [0.4, 0.5) is 0 Å². The molecule has 1 aliphatic heterocycles. The fourth-order valence-electron chi connectivity index (χ4n) is 3.62. The predicted molar refractivity (Wildman–Crippen MR) is 103 cm³/mol. The molecular weight excluding hydrogens is 322 g/mol. The van der Waals surface area contributed by atoms with E-state index in [4.69, 9.17) is 0 Å². The molecule has 1 aromatic carbocycles. The molecule has 1 saturated heterocycles. The van der Waals surface area contributed by atoms with Crippen molar-refractivity contribution in [3.63, 3.8) is 0 Å². The molecule has 134 valence electrons. The zero-order valence-electron chi connectivity index (χ0n) is 15.1. The monoisotopic (exact) mass is 347 g/mol. The van der Waals surface area contributed by atoms with Gasteiger partial charge in [-0.3, -0.25) is 9.47 Å². The minimum Gasteiger partial charge on any atom is -0.308 e. The lowest BCUT2D eigenvalue weighted by molar-refractivity contribution is 0.316. The van der Waals surface area contributed by atoms with Gasteiger partial charge in [0.05, 0.1) is 0 Å². The van der Waals surface area contributed by atoms with Crippen LogP contribution in [-0.2, 0) is 13.1 Å². The molecule has 0 bridgehead atoms. The van der Waals surface area contributed by atoms with Crippen molar-refractivity contribution in [2.24, 2.45) is 5.92 Å². The molecule has 0 aliphatic carbocycles. The summed E-state index contributed by atoms with van der Waals surface area (Å²) in [5.74, 6) is 1.55. The van der Waals surface area contributed by atoms with Gasteiger partial charge in [0.15, 0.2) is 0 Å². The van der Waals surface area contributed by atoms with Gasteiger partial charge in [-0.15, -0.1) is 0 Å². The lowest BCUT2D eigenvalue weighted by Gasteiger charge is -2.17. The van der Waals surface area contributed by atoms with Gasteiger partial charge in [-0.05, 0) is 23.1 Å². The van der Waals surface area contributed by atoms with E-state index in [9.17, 15) is 0 Å². The smallest absolute Gasteiger partial charge is 0.137 e. The molecule has 26 heavy (non-hydrogen) atoms. The van der Waals surface area contributed by atoms with Gasteiger partial charge in [0.25, 0.3) is 0 Å². The lowest BCUT2D eigenvalue weighted by atomic mass is 10.1. The summed E-state index contributed by atoms with van der Waals surface area (Å²) in [6, 6.07) is 15.4. The van der Waals surface area contributed by atoms with Gasteiger partial charge in [-0.2, -0.15) is 0 Å². The second-order valence-electron chi connectivity index (χ2n) is 7.14. The fraction of sp³-hybridized carbons (Fsp3) is 0.333. The Morgan fingerprint density at radius 3 is 2.69 bits per heavy atom. The van der Waals surface area contributed by atoms with E-state index >= 15 is 0 Å². The number of imidazole rings is 1. The summed E-state index contributed by atoms with van der Waals surface area (Å²) in [6.45, 7) is 6.46. The van der Waals surface area contributed by atoms with Gasteiger partial charge < -0.3 is 5.32 Å². The molecule has 0 spiro atoms. The quantitative estimate of drug-likeness (QED) is 0.745. The Labute approximate surface area is 154 Å². The van der Waals surface area contributed by atoms with E-state index in [1.807, 2.05) is 23.0 Å². The second-order valence-corrected chi connectivity index (χ2v) is 7.14. The molecule has 2 aromatic heterocycles. The average Bonchev–Trinajstić information content (AvgIpc) is 3.31. The zero-order valence-corrected chi connectivity index (χ0v) is 15.1. The molecule has 0 amide bonds. The normalized spacial score (nSPS) is 20.5. The van der Waals surface area contributed by atoms with Crippen LogP contribution in [0.1, 0.15) is 18.1 Å². The van der Waals surface area contributed by atoms with Gasteiger partial charge in [-0.25, -0.2) is 9.97 Å². The SMILES string of the molecule is C[C@H]1CN(Cc2ccccc2)C[C@@H]1NCc1ccc(-n2ccnc2)nc1. The number of pyridine rings is 1. The highest BCUT2D eigenvalue weighted by molar-refractivity contribution is 5.25. The maximum atomic E-state index is 4.53. The van der Waals surface area contributed by atoms with E-state index in [2.05, 4.69) is 63.5 Å². The third-order valence-corrected chi connectivity index (χ3v) is 5.08. The first-order chi connectivity index (χ1) is 12.8. The third kappa shape index (κ3) is 4.00. The first-order valence-corrected chi connectivity index (χ1v) is 9.21. The molecular formula is C21H25N5. The number of benzene rings is 1. The number of hydrogen-bond donors (Lipinski definition) is 1. The van der Waals surface area contributed by atoms with E-state index in [1.165, 1.54) is 11.1 Å². The Kier molecular flexibility index (Phi) is 5.09.